The van der Waals surface area contributed by atoms with Crippen molar-refractivity contribution in [2.75, 3.05) is 0 Å². The fraction of sp³-hybridized carbons (Fsp3) is 0.538. The first kappa shape index (κ1) is 13.5. The van der Waals surface area contributed by atoms with Crippen LogP contribution in [0.3, 0.4) is 0 Å². The van der Waals surface area contributed by atoms with E-state index < -0.39 is 16.1 Å². The van der Waals surface area contributed by atoms with E-state index in [9.17, 15) is 13.5 Å². The fourth-order valence-electron chi connectivity index (χ4n) is 1.85. The highest BCUT2D eigenvalue weighted by molar-refractivity contribution is 7.89. The van der Waals surface area contributed by atoms with Crippen LogP contribution in [0.4, 0.5) is 0 Å². The normalized spacial score (nSPS) is 23.7. The molecule has 2 atom stereocenters. The molecule has 2 N–H and O–H groups in total. The van der Waals surface area contributed by atoms with Crippen LogP contribution in [0.15, 0.2) is 29.2 Å². The van der Waals surface area contributed by atoms with Crippen molar-refractivity contribution in [1.82, 2.24) is 4.72 Å². The smallest absolute Gasteiger partial charge is 0.240 e. The summed E-state index contributed by atoms with van der Waals surface area (Å²) < 4.78 is 26.9. The molecule has 100 valence electrons. The SMILES string of the molecule is CC(O)c1ccc(S(=O)(=O)NC2CC2(C)C)cc1. The molecule has 2 rings (SSSR count). The first-order valence-corrected chi connectivity index (χ1v) is 7.51. The summed E-state index contributed by atoms with van der Waals surface area (Å²) in [5.41, 5.74) is 0.771. The molecule has 1 aromatic rings. The van der Waals surface area contributed by atoms with Crippen LogP contribution in [0.5, 0.6) is 0 Å². The third-order valence-corrected chi connectivity index (χ3v) is 4.97. The lowest BCUT2D eigenvalue weighted by Crippen LogP contribution is -2.28. The Hall–Kier alpha value is -0.910. The zero-order valence-corrected chi connectivity index (χ0v) is 11.7. The predicted molar refractivity (Wildman–Crippen MR) is 69.6 cm³/mol. The monoisotopic (exact) mass is 269 g/mol. The molecule has 1 fully saturated rings. The molecule has 1 aromatic carbocycles. The van der Waals surface area contributed by atoms with Crippen molar-refractivity contribution < 1.29 is 13.5 Å². The number of benzene rings is 1. The lowest BCUT2D eigenvalue weighted by atomic mass is 10.1. The van der Waals surface area contributed by atoms with E-state index in [2.05, 4.69) is 4.72 Å². The van der Waals surface area contributed by atoms with Crippen molar-refractivity contribution in [2.24, 2.45) is 5.41 Å². The molecule has 5 heteroatoms. The fourth-order valence-corrected chi connectivity index (χ4v) is 3.26. The van der Waals surface area contributed by atoms with Crippen LogP contribution in [0.1, 0.15) is 38.9 Å². The summed E-state index contributed by atoms with van der Waals surface area (Å²) in [4.78, 5) is 0.245. The van der Waals surface area contributed by atoms with Crippen LogP contribution in [-0.2, 0) is 10.0 Å². The number of aliphatic hydroxyl groups excluding tert-OH is 1. The van der Waals surface area contributed by atoms with Crippen molar-refractivity contribution >= 4 is 10.0 Å². The molecule has 0 amide bonds. The second-order valence-corrected chi connectivity index (χ2v) is 7.33. The minimum absolute atomic E-state index is 0.0268. The highest BCUT2D eigenvalue weighted by Gasteiger charge is 2.47. The molecule has 0 radical (unpaired) electrons. The van der Waals surface area contributed by atoms with E-state index in [4.69, 9.17) is 0 Å². The maximum Gasteiger partial charge on any atom is 0.240 e. The Morgan fingerprint density at radius 1 is 1.33 bits per heavy atom. The Labute approximate surface area is 108 Å². The van der Waals surface area contributed by atoms with Gasteiger partial charge in [0.05, 0.1) is 11.0 Å². The maximum absolute atomic E-state index is 12.1. The van der Waals surface area contributed by atoms with Gasteiger partial charge in [-0.15, -0.1) is 0 Å². The third-order valence-electron chi connectivity index (χ3n) is 3.48. The summed E-state index contributed by atoms with van der Waals surface area (Å²) in [5, 5.41) is 9.38. The van der Waals surface area contributed by atoms with Gasteiger partial charge >= 0.3 is 0 Å². The van der Waals surface area contributed by atoms with Gasteiger partial charge in [0.25, 0.3) is 0 Å². The second kappa shape index (κ2) is 4.33. The van der Waals surface area contributed by atoms with Gasteiger partial charge in [-0.2, -0.15) is 0 Å². The number of aliphatic hydroxyl groups is 1. The average Bonchev–Trinajstić information content (AvgIpc) is 2.85. The van der Waals surface area contributed by atoms with Gasteiger partial charge < -0.3 is 5.11 Å². The minimum Gasteiger partial charge on any atom is -0.389 e. The van der Waals surface area contributed by atoms with Crippen molar-refractivity contribution in [1.29, 1.82) is 0 Å². The van der Waals surface area contributed by atoms with E-state index >= 15 is 0 Å². The minimum atomic E-state index is -3.44. The second-order valence-electron chi connectivity index (χ2n) is 5.61. The summed E-state index contributed by atoms with van der Waals surface area (Å²) in [6.07, 6.45) is 0.287. The molecule has 0 heterocycles. The molecular formula is C13H19NO3S. The molecule has 1 saturated carbocycles. The Kier molecular flexibility index (Phi) is 3.25. The van der Waals surface area contributed by atoms with Crippen LogP contribution in [0.25, 0.3) is 0 Å². The molecule has 18 heavy (non-hydrogen) atoms. The number of hydrogen-bond donors (Lipinski definition) is 2. The maximum atomic E-state index is 12.1. The highest BCUT2D eigenvalue weighted by atomic mass is 32.2. The van der Waals surface area contributed by atoms with Crippen LogP contribution >= 0.6 is 0 Å². The van der Waals surface area contributed by atoms with E-state index in [0.29, 0.717) is 5.56 Å². The lowest BCUT2D eigenvalue weighted by Gasteiger charge is -2.09. The van der Waals surface area contributed by atoms with Gasteiger partial charge in [-0.3, -0.25) is 0 Å². The summed E-state index contributed by atoms with van der Waals surface area (Å²) in [5.74, 6) is 0. The molecule has 0 spiro atoms. The van der Waals surface area contributed by atoms with Crippen molar-refractivity contribution in [2.45, 2.75) is 44.2 Å². The molecule has 0 aromatic heterocycles. The number of hydrogen-bond acceptors (Lipinski definition) is 3. The van der Waals surface area contributed by atoms with Gasteiger partial charge in [-0.1, -0.05) is 26.0 Å². The molecule has 1 aliphatic carbocycles. The van der Waals surface area contributed by atoms with Crippen LogP contribution in [0, 0.1) is 5.41 Å². The zero-order valence-electron chi connectivity index (χ0n) is 10.8. The lowest BCUT2D eigenvalue weighted by molar-refractivity contribution is 0.199. The number of nitrogens with one attached hydrogen (secondary N) is 1. The Morgan fingerprint density at radius 3 is 2.22 bits per heavy atom. The van der Waals surface area contributed by atoms with Gasteiger partial charge in [0.15, 0.2) is 0 Å². The average molecular weight is 269 g/mol. The van der Waals surface area contributed by atoms with Crippen molar-refractivity contribution in [3.8, 4) is 0 Å². The Bertz CT molecular complexity index is 532. The van der Waals surface area contributed by atoms with Gasteiger partial charge in [0.2, 0.25) is 10.0 Å². The molecule has 0 bridgehead atoms. The predicted octanol–water partition coefficient (Wildman–Crippen LogP) is 1.82. The molecule has 0 aliphatic heterocycles. The third kappa shape index (κ3) is 2.74. The molecule has 4 nitrogen and oxygen atoms in total. The standard InChI is InChI=1S/C13H19NO3S/c1-9(15)10-4-6-11(7-5-10)18(16,17)14-12-8-13(12,2)3/h4-7,9,12,14-15H,8H2,1-3H3. The molecule has 2 unspecified atom stereocenters. The topological polar surface area (TPSA) is 66.4 Å². The van der Waals surface area contributed by atoms with Crippen molar-refractivity contribution in [3.63, 3.8) is 0 Å². The Morgan fingerprint density at radius 2 is 1.83 bits per heavy atom. The molecule has 0 saturated heterocycles. The van der Waals surface area contributed by atoms with Crippen LogP contribution in [-0.4, -0.2) is 19.6 Å². The van der Waals surface area contributed by atoms with Gasteiger partial charge in [-0.05, 0) is 36.5 Å². The van der Waals surface area contributed by atoms with Crippen LogP contribution < -0.4 is 4.72 Å². The van der Waals surface area contributed by atoms with E-state index in [0.717, 1.165) is 6.42 Å². The number of rotatable bonds is 4. The first-order valence-electron chi connectivity index (χ1n) is 6.03. The number of sulfonamides is 1. The van der Waals surface area contributed by atoms with Crippen molar-refractivity contribution in [3.05, 3.63) is 29.8 Å². The highest BCUT2D eigenvalue weighted by Crippen LogP contribution is 2.45. The quantitative estimate of drug-likeness (QED) is 0.876. The molecule has 1 aliphatic rings. The largest absolute Gasteiger partial charge is 0.389 e. The van der Waals surface area contributed by atoms with E-state index in [1.54, 1.807) is 19.1 Å². The Balaban J connectivity index is 2.15. The summed E-state index contributed by atoms with van der Waals surface area (Å²) in [7, 11) is -3.44. The summed E-state index contributed by atoms with van der Waals surface area (Å²) >= 11 is 0. The van der Waals surface area contributed by atoms with E-state index in [-0.39, 0.29) is 16.4 Å². The summed E-state index contributed by atoms with van der Waals surface area (Å²) in [6.45, 7) is 5.72. The van der Waals surface area contributed by atoms with Crippen LogP contribution in [0.2, 0.25) is 0 Å². The van der Waals surface area contributed by atoms with Gasteiger partial charge in [0.1, 0.15) is 0 Å². The summed E-state index contributed by atoms with van der Waals surface area (Å²) in [6, 6.07) is 6.35. The van der Waals surface area contributed by atoms with E-state index in [1.807, 2.05) is 13.8 Å². The van der Waals surface area contributed by atoms with Gasteiger partial charge in [0, 0.05) is 6.04 Å². The zero-order chi connectivity index (χ0) is 13.6. The van der Waals surface area contributed by atoms with Gasteiger partial charge in [-0.25, -0.2) is 13.1 Å². The molecular weight excluding hydrogens is 250 g/mol. The first-order chi connectivity index (χ1) is 8.22. The van der Waals surface area contributed by atoms with E-state index in [1.165, 1.54) is 12.1 Å².